The summed E-state index contributed by atoms with van der Waals surface area (Å²) < 4.78 is 0.463. The number of thioether (sulfide) groups is 1. The number of carbonyl (C=O) groups is 3. The predicted molar refractivity (Wildman–Crippen MR) is 142 cm³/mol. The largest absolute Gasteiger partial charge is 0.324 e. The van der Waals surface area contributed by atoms with E-state index in [-0.39, 0.29) is 24.3 Å². The lowest BCUT2D eigenvalue weighted by atomic mass is 10.1. The van der Waals surface area contributed by atoms with Gasteiger partial charge in [0.05, 0.1) is 16.2 Å². The molecule has 0 radical (unpaired) electrons. The molecule has 0 saturated carbocycles. The Kier molecular flexibility index (Phi) is 6.91. The number of anilines is 2. The highest BCUT2D eigenvalue weighted by Gasteiger charge is 2.42. The van der Waals surface area contributed by atoms with Gasteiger partial charge in [0.25, 0.3) is 11.8 Å². The van der Waals surface area contributed by atoms with Gasteiger partial charge in [-0.1, -0.05) is 68.2 Å². The number of fused-ring (bicyclic) bond motifs is 1. The number of thiocarbonyl (C=S) groups is 1. The zero-order valence-corrected chi connectivity index (χ0v) is 21.3. The molecule has 1 N–H and O–H groups in total. The number of rotatable bonds is 6. The van der Waals surface area contributed by atoms with Crippen LogP contribution in [0.2, 0.25) is 0 Å². The molecule has 2 aromatic carbocycles. The lowest BCUT2D eigenvalue weighted by Crippen LogP contribution is -2.36. The quantitative estimate of drug-likeness (QED) is 0.458. The van der Waals surface area contributed by atoms with E-state index in [1.165, 1.54) is 4.90 Å². The van der Waals surface area contributed by atoms with E-state index in [9.17, 15) is 14.4 Å². The van der Waals surface area contributed by atoms with Crippen molar-refractivity contribution in [2.75, 3.05) is 23.3 Å². The molecule has 0 atom stereocenters. The highest BCUT2D eigenvalue weighted by Crippen LogP contribution is 2.44. The zero-order chi connectivity index (χ0) is 24.6. The highest BCUT2D eigenvalue weighted by molar-refractivity contribution is 8.26. The predicted octanol–water partition coefficient (Wildman–Crippen LogP) is 4.91. The second kappa shape index (κ2) is 9.72. The molecular formula is C26H27N3O3S2. The highest BCUT2D eigenvalue weighted by atomic mass is 32.2. The van der Waals surface area contributed by atoms with Crippen molar-refractivity contribution in [3.63, 3.8) is 0 Å². The molecule has 0 bridgehead atoms. The number of nitrogens with one attached hydrogen (secondary N) is 1. The summed E-state index contributed by atoms with van der Waals surface area (Å²) in [6.45, 7) is 8.43. The first-order chi connectivity index (χ1) is 16.2. The number of carbonyl (C=O) groups excluding carboxylic acids is 3. The number of para-hydroxylation sites is 1. The van der Waals surface area contributed by atoms with Gasteiger partial charge >= 0.3 is 0 Å². The zero-order valence-electron chi connectivity index (χ0n) is 19.7. The van der Waals surface area contributed by atoms with Crippen LogP contribution in [0.25, 0.3) is 5.57 Å². The number of benzene rings is 2. The Morgan fingerprint density at radius 2 is 1.79 bits per heavy atom. The molecular weight excluding hydrogens is 466 g/mol. The summed E-state index contributed by atoms with van der Waals surface area (Å²) in [5.74, 6) is -0.475. The van der Waals surface area contributed by atoms with Gasteiger partial charge in [-0.15, -0.1) is 0 Å². The van der Waals surface area contributed by atoms with E-state index < -0.39 is 0 Å². The third-order valence-electron chi connectivity index (χ3n) is 5.90. The normalized spacial score (nSPS) is 17.7. The van der Waals surface area contributed by atoms with Crippen LogP contribution >= 0.6 is 24.0 Å². The molecule has 2 aromatic rings. The van der Waals surface area contributed by atoms with Crippen molar-refractivity contribution in [2.24, 2.45) is 5.92 Å². The molecule has 6 nitrogen and oxygen atoms in total. The fourth-order valence-electron chi connectivity index (χ4n) is 3.99. The third-order valence-corrected chi connectivity index (χ3v) is 7.35. The molecule has 3 amide bonds. The van der Waals surface area contributed by atoms with E-state index in [0.29, 0.717) is 38.5 Å². The van der Waals surface area contributed by atoms with Crippen LogP contribution in [0.1, 0.15) is 37.0 Å². The Balaban J connectivity index is 1.62. The van der Waals surface area contributed by atoms with Crippen molar-refractivity contribution in [3.8, 4) is 0 Å². The monoisotopic (exact) mass is 493 g/mol. The Hall–Kier alpha value is -2.97. The standard InChI is InChI=1S/C26H27N3O3S2/c1-15(2)11-12-28-25(32)23(34-26(28)33)22-18-7-5-6-8-20(18)29(24(22)31)14-21(30)27-19-13-16(3)9-10-17(19)4/h5-10,13,15H,11-12,14H2,1-4H3,(H,27,30)/b23-22-. The van der Waals surface area contributed by atoms with Gasteiger partial charge in [0.1, 0.15) is 10.9 Å². The fraction of sp³-hybridized carbons (Fsp3) is 0.308. The Labute approximate surface area is 209 Å². The minimum Gasteiger partial charge on any atom is -0.324 e. The van der Waals surface area contributed by atoms with Gasteiger partial charge in [0.2, 0.25) is 5.91 Å². The van der Waals surface area contributed by atoms with Gasteiger partial charge < -0.3 is 5.32 Å². The van der Waals surface area contributed by atoms with E-state index in [0.717, 1.165) is 35.0 Å². The van der Waals surface area contributed by atoms with E-state index in [2.05, 4.69) is 19.2 Å². The average molecular weight is 494 g/mol. The Bertz CT molecular complexity index is 1240. The summed E-state index contributed by atoms with van der Waals surface area (Å²) in [6, 6.07) is 13.1. The summed E-state index contributed by atoms with van der Waals surface area (Å²) in [7, 11) is 0. The number of hydrogen-bond acceptors (Lipinski definition) is 5. The van der Waals surface area contributed by atoms with Gasteiger partial charge in [-0.05, 0) is 49.4 Å². The van der Waals surface area contributed by atoms with Crippen LogP contribution in [-0.2, 0) is 14.4 Å². The molecule has 2 aliphatic rings. The lowest BCUT2D eigenvalue weighted by molar-refractivity contribution is -0.122. The molecule has 4 rings (SSSR count). The first kappa shape index (κ1) is 24.2. The van der Waals surface area contributed by atoms with Crippen molar-refractivity contribution in [3.05, 3.63) is 64.1 Å². The summed E-state index contributed by atoms with van der Waals surface area (Å²) in [6.07, 6.45) is 0.824. The van der Waals surface area contributed by atoms with Crippen LogP contribution in [0, 0.1) is 19.8 Å². The van der Waals surface area contributed by atoms with Crippen LogP contribution in [0.4, 0.5) is 11.4 Å². The van der Waals surface area contributed by atoms with Gasteiger partial charge in [0.15, 0.2) is 0 Å². The van der Waals surface area contributed by atoms with Crippen molar-refractivity contribution < 1.29 is 14.4 Å². The minimum atomic E-state index is -0.360. The van der Waals surface area contributed by atoms with Crippen molar-refractivity contribution in [1.29, 1.82) is 0 Å². The molecule has 0 aromatic heterocycles. The van der Waals surface area contributed by atoms with Gasteiger partial charge in [-0.3, -0.25) is 24.2 Å². The van der Waals surface area contributed by atoms with Gasteiger partial charge in [-0.25, -0.2) is 0 Å². The van der Waals surface area contributed by atoms with Crippen LogP contribution in [0.3, 0.4) is 0 Å². The summed E-state index contributed by atoms with van der Waals surface area (Å²) in [4.78, 5) is 43.0. The van der Waals surface area contributed by atoms with Crippen molar-refractivity contribution in [2.45, 2.75) is 34.1 Å². The maximum Gasteiger partial charge on any atom is 0.267 e. The van der Waals surface area contributed by atoms with Crippen LogP contribution in [0.5, 0.6) is 0 Å². The first-order valence-electron chi connectivity index (χ1n) is 11.2. The third kappa shape index (κ3) is 4.65. The van der Waals surface area contributed by atoms with E-state index >= 15 is 0 Å². The van der Waals surface area contributed by atoms with Crippen LogP contribution in [0.15, 0.2) is 47.4 Å². The van der Waals surface area contributed by atoms with Crippen LogP contribution < -0.4 is 10.2 Å². The average Bonchev–Trinajstić information content (AvgIpc) is 3.21. The molecule has 2 heterocycles. The van der Waals surface area contributed by atoms with Crippen molar-refractivity contribution >= 4 is 63.0 Å². The minimum absolute atomic E-state index is 0.152. The number of hydrogen-bond donors (Lipinski definition) is 1. The SMILES string of the molecule is Cc1ccc(C)c(NC(=O)CN2C(=O)/C(=C3\SC(=S)N(CCC(C)C)C3=O)c3ccccc32)c1. The molecule has 176 valence electrons. The second-order valence-electron chi connectivity index (χ2n) is 8.99. The molecule has 1 fully saturated rings. The van der Waals surface area contributed by atoms with Crippen LogP contribution in [-0.4, -0.2) is 40.0 Å². The fourth-order valence-corrected chi connectivity index (χ4v) is 5.37. The molecule has 8 heteroatoms. The molecule has 1 saturated heterocycles. The maximum absolute atomic E-state index is 13.5. The molecule has 2 aliphatic heterocycles. The Morgan fingerprint density at radius 1 is 1.06 bits per heavy atom. The summed E-state index contributed by atoms with van der Waals surface area (Å²) >= 11 is 6.62. The van der Waals surface area contributed by atoms with E-state index in [1.807, 2.05) is 50.2 Å². The topological polar surface area (TPSA) is 69.7 Å². The second-order valence-corrected chi connectivity index (χ2v) is 10.6. The van der Waals surface area contributed by atoms with Gasteiger partial charge in [-0.2, -0.15) is 0 Å². The number of aryl methyl sites for hydroxylation is 2. The van der Waals surface area contributed by atoms with Crippen molar-refractivity contribution in [1.82, 2.24) is 4.90 Å². The Morgan fingerprint density at radius 3 is 2.53 bits per heavy atom. The number of nitrogens with zero attached hydrogens (tertiary/aromatic N) is 2. The van der Waals surface area contributed by atoms with E-state index in [1.54, 1.807) is 11.0 Å². The molecule has 0 spiro atoms. The van der Waals surface area contributed by atoms with Gasteiger partial charge in [0, 0.05) is 17.8 Å². The lowest BCUT2D eigenvalue weighted by Gasteiger charge is -2.17. The first-order valence-corrected chi connectivity index (χ1v) is 12.5. The maximum atomic E-state index is 13.5. The summed E-state index contributed by atoms with van der Waals surface area (Å²) in [5.41, 5.74) is 4.28. The molecule has 0 aliphatic carbocycles. The van der Waals surface area contributed by atoms with E-state index in [4.69, 9.17) is 12.2 Å². The molecule has 0 unspecified atom stereocenters. The smallest absolute Gasteiger partial charge is 0.267 e. The summed E-state index contributed by atoms with van der Waals surface area (Å²) in [5, 5.41) is 2.91. The number of amides is 3. The molecule has 34 heavy (non-hydrogen) atoms.